The molecule has 4 nitrogen and oxygen atoms in total. The van der Waals surface area contributed by atoms with Gasteiger partial charge in [0.05, 0.1) is 11.9 Å². The molecule has 0 saturated carbocycles. The maximum Gasteiger partial charge on any atom is 0.258 e. The molecule has 4 heteroatoms. The van der Waals surface area contributed by atoms with Crippen LogP contribution in [0.1, 0.15) is 22.8 Å². The molecular weight excluding hydrogens is 250 g/mol. The van der Waals surface area contributed by atoms with Gasteiger partial charge in [-0.3, -0.25) is 4.79 Å². The number of hydrogen-bond donors (Lipinski definition) is 1. The predicted molar refractivity (Wildman–Crippen MR) is 82.3 cm³/mol. The van der Waals surface area contributed by atoms with Crippen molar-refractivity contribution in [1.82, 2.24) is 4.98 Å². The molecule has 1 aromatic heterocycles. The van der Waals surface area contributed by atoms with Crippen LogP contribution in [0, 0.1) is 6.92 Å². The number of amides is 1. The van der Waals surface area contributed by atoms with Crippen molar-refractivity contribution >= 4 is 17.4 Å². The lowest BCUT2D eigenvalue weighted by atomic mass is 10.1. The minimum absolute atomic E-state index is 0.0355. The van der Waals surface area contributed by atoms with Crippen molar-refractivity contribution in [1.29, 1.82) is 0 Å². The van der Waals surface area contributed by atoms with Crippen LogP contribution in [0.4, 0.5) is 11.5 Å². The average Bonchev–Trinajstić information content (AvgIpc) is 2.47. The van der Waals surface area contributed by atoms with Crippen LogP contribution in [-0.2, 0) is 0 Å². The van der Waals surface area contributed by atoms with E-state index in [1.165, 1.54) is 0 Å². The maximum absolute atomic E-state index is 12.4. The number of benzene rings is 1. The Bertz CT molecular complexity index is 593. The third-order valence-electron chi connectivity index (χ3n) is 3.06. The van der Waals surface area contributed by atoms with Crippen molar-refractivity contribution in [2.24, 2.45) is 0 Å². The summed E-state index contributed by atoms with van der Waals surface area (Å²) in [6, 6.07) is 11.3. The summed E-state index contributed by atoms with van der Waals surface area (Å²) >= 11 is 0. The van der Waals surface area contributed by atoms with E-state index in [0.717, 1.165) is 23.6 Å². The van der Waals surface area contributed by atoms with E-state index in [1.54, 1.807) is 18.1 Å². The first-order valence-electron chi connectivity index (χ1n) is 6.66. The lowest BCUT2D eigenvalue weighted by molar-refractivity contribution is 0.0993. The molecule has 20 heavy (non-hydrogen) atoms. The molecular formula is C16H19N3O. The normalized spacial score (nSPS) is 10.2. The summed E-state index contributed by atoms with van der Waals surface area (Å²) in [6.45, 7) is 4.82. The molecule has 2 aromatic rings. The van der Waals surface area contributed by atoms with Crippen molar-refractivity contribution in [2.75, 3.05) is 23.8 Å². The molecule has 0 aliphatic carbocycles. The Morgan fingerprint density at radius 1 is 1.30 bits per heavy atom. The zero-order valence-corrected chi connectivity index (χ0v) is 12.1. The Hall–Kier alpha value is -2.36. The van der Waals surface area contributed by atoms with E-state index in [2.05, 4.69) is 10.3 Å². The highest BCUT2D eigenvalue weighted by Crippen LogP contribution is 2.17. The number of carbonyl (C=O) groups is 1. The van der Waals surface area contributed by atoms with Gasteiger partial charge in [-0.15, -0.1) is 0 Å². The Morgan fingerprint density at radius 2 is 2.10 bits per heavy atom. The van der Waals surface area contributed by atoms with Crippen LogP contribution >= 0.6 is 0 Å². The van der Waals surface area contributed by atoms with Crippen molar-refractivity contribution in [3.05, 3.63) is 53.7 Å². The highest BCUT2D eigenvalue weighted by molar-refractivity contribution is 6.05. The van der Waals surface area contributed by atoms with Gasteiger partial charge in [-0.1, -0.05) is 17.7 Å². The fourth-order valence-electron chi connectivity index (χ4n) is 1.96. The van der Waals surface area contributed by atoms with E-state index >= 15 is 0 Å². The molecule has 0 atom stereocenters. The lowest BCUT2D eigenvalue weighted by Gasteiger charge is -2.17. The average molecular weight is 269 g/mol. The maximum atomic E-state index is 12.4. The van der Waals surface area contributed by atoms with E-state index < -0.39 is 0 Å². The molecule has 1 amide bonds. The summed E-state index contributed by atoms with van der Waals surface area (Å²) in [5.41, 5.74) is 2.53. The SMILES string of the molecule is CCNc1ccc(N(C)C(=O)c2cccc(C)c2)cn1. The van der Waals surface area contributed by atoms with Crippen molar-refractivity contribution in [2.45, 2.75) is 13.8 Å². The zero-order valence-electron chi connectivity index (χ0n) is 12.1. The summed E-state index contributed by atoms with van der Waals surface area (Å²) in [4.78, 5) is 18.3. The number of hydrogen-bond acceptors (Lipinski definition) is 3. The van der Waals surface area contributed by atoms with Crippen molar-refractivity contribution in [3.8, 4) is 0 Å². The van der Waals surface area contributed by atoms with Gasteiger partial charge >= 0.3 is 0 Å². The number of nitrogens with zero attached hydrogens (tertiary/aromatic N) is 2. The smallest absolute Gasteiger partial charge is 0.258 e. The molecule has 104 valence electrons. The molecule has 2 rings (SSSR count). The Balaban J connectivity index is 2.18. The van der Waals surface area contributed by atoms with Gasteiger partial charge in [0.15, 0.2) is 0 Å². The number of aryl methyl sites for hydroxylation is 1. The van der Waals surface area contributed by atoms with Crippen LogP contribution in [0.15, 0.2) is 42.6 Å². The minimum Gasteiger partial charge on any atom is -0.370 e. The second kappa shape index (κ2) is 6.19. The Kier molecular flexibility index (Phi) is 4.35. The molecule has 1 heterocycles. The second-order valence-electron chi connectivity index (χ2n) is 4.67. The largest absolute Gasteiger partial charge is 0.370 e. The fourth-order valence-corrected chi connectivity index (χ4v) is 1.96. The molecule has 0 aliphatic rings. The Labute approximate surface area is 119 Å². The fraction of sp³-hybridized carbons (Fsp3) is 0.250. The molecule has 1 aromatic carbocycles. The van der Waals surface area contributed by atoms with Crippen LogP contribution in [0.3, 0.4) is 0 Å². The molecule has 0 radical (unpaired) electrons. The van der Waals surface area contributed by atoms with Gasteiger partial charge < -0.3 is 10.2 Å². The summed E-state index contributed by atoms with van der Waals surface area (Å²) in [6.07, 6.45) is 1.70. The van der Waals surface area contributed by atoms with Gasteiger partial charge in [0.2, 0.25) is 0 Å². The Morgan fingerprint density at radius 3 is 2.70 bits per heavy atom. The number of pyridine rings is 1. The van der Waals surface area contributed by atoms with Crippen LogP contribution in [0.25, 0.3) is 0 Å². The molecule has 0 bridgehead atoms. The first-order valence-corrected chi connectivity index (χ1v) is 6.66. The molecule has 1 N–H and O–H groups in total. The van der Waals surface area contributed by atoms with Gasteiger partial charge in [0.1, 0.15) is 5.82 Å². The molecule has 0 aliphatic heterocycles. The third-order valence-corrected chi connectivity index (χ3v) is 3.06. The second-order valence-corrected chi connectivity index (χ2v) is 4.67. The summed E-state index contributed by atoms with van der Waals surface area (Å²) in [5, 5.41) is 3.13. The number of anilines is 2. The number of nitrogens with one attached hydrogen (secondary N) is 1. The van der Waals surface area contributed by atoms with Gasteiger partial charge in [-0.05, 0) is 38.1 Å². The van der Waals surface area contributed by atoms with Gasteiger partial charge in [-0.25, -0.2) is 4.98 Å². The van der Waals surface area contributed by atoms with Crippen LogP contribution in [0.2, 0.25) is 0 Å². The van der Waals surface area contributed by atoms with Gasteiger partial charge in [0.25, 0.3) is 5.91 Å². The first-order chi connectivity index (χ1) is 9.61. The summed E-state index contributed by atoms with van der Waals surface area (Å²) in [7, 11) is 1.76. The van der Waals surface area contributed by atoms with E-state index in [-0.39, 0.29) is 5.91 Å². The van der Waals surface area contributed by atoms with Crippen LogP contribution in [0.5, 0.6) is 0 Å². The molecule has 0 fully saturated rings. The van der Waals surface area contributed by atoms with Gasteiger partial charge in [0, 0.05) is 19.2 Å². The predicted octanol–water partition coefficient (Wildman–Crippen LogP) is 3.10. The van der Waals surface area contributed by atoms with E-state index in [1.807, 2.05) is 50.2 Å². The topological polar surface area (TPSA) is 45.2 Å². The summed E-state index contributed by atoms with van der Waals surface area (Å²) < 4.78 is 0. The van der Waals surface area contributed by atoms with E-state index in [9.17, 15) is 4.79 Å². The number of aromatic nitrogens is 1. The van der Waals surface area contributed by atoms with E-state index in [4.69, 9.17) is 0 Å². The third kappa shape index (κ3) is 3.15. The van der Waals surface area contributed by atoms with Crippen LogP contribution < -0.4 is 10.2 Å². The first kappa shape index (κ1) is 14.1. The lowest BCUT2D eigenvalue weighted by Crippen LogP contribution is -2.26. The highest BCUT2D eigenvalue weighted by Gasteiger charge is 2.13. The van der Waals surface area contributed by atoms with Crippen molar-refractivity contribution < 1.29 is 4.79 Å². The summed E-state index contributed by atoms with van der Waals surface area (Å²) in [5.74, 6) is 0.777. The quantitative estimate of drug-likeness (QED) is 0.927. The van der Waals surface area contributed by atoms with Gasteiger partial charge in [-0.2, -0.15) is 0 Å². The molecule has 0 unspecified atom stereocenters. The standard InChI is InChI=1S/C16H19N3O/c1-4-17-15-9-8-14(11-18-15)19(3)16(20)13-7-5-6-12(2)10-13/h5-11H,4H2,1-3H3,(H,17,18). The number of carbonyl (C=O) groups excluding carboxylic acids is 1. The van der Waals surface area contributed by atoms with Crippen molar-refractivity contribution in [3.63, 3.8) is 0 Å². The highest BCUT2D eigenvalue weighted by atomic mass is 16.2. The van der Waals surface area contributed by atoms with Crippen LogP contribution in [-0.4, -0.2) is 24.5 Å². The number of rotatable bonds is 4. The van der Waals surface area contributed by atoms with E-state index in [0.29, 0.717) is 5.56 Å². The molecule has 0 spiro atoms. The minimum atomic E-state index is -0.0355. The monoisotopic (exact) mass is 269 g/mol. The zero-order chi connectivity index (χ0) is 14.5. The molecule has 0 saturated heterocycles.